The second kappa shape index (κ2) is 4.16. The smallest absolute Gasteiger partial charge is 0.164 e. The zero-order chi connectivity index (χ0) is 11.7. The lowest BCUT2D eigenvalue weighted by molar-refractivity contribution is 0.885. The van der Waals surface area contributed by atoms with Gasteiger partial charge in [-0.2, -0.15) is 5.26 Å². The molecule has 2 N–H and O–H groups in total. The summed E-state index contributed by atoms with van der Waals surface area (Å²) in [6.45, 7) is 0. The first kappa shape index (κ1) is 11.0. The Morgan fingerprint density at radius 2 is 2.25 bits per heavy atom. The van der Waals surface area contributed by atoms with Gasteiger partial charge in [0.2, 0.25) is 0 Å². The van der Waals surface area contributed by atoms with Gasteiger partial charge in [-0.3, -0.25) is 0 Å². The van der Waals surface area contributed by atoms with Crippen molar-refractivity contribution in [3.05, 3.63) is 39.5 Å². The van der Waals surface area contributed by atoms with Crippen molar-refractivity contribution in [2.75, 3.05) is 5.73 Å². The highest BCUT2D eigenvalue weighted by atomic mass is 79.9. The number of rotatable bonds is 1. The van der Waals surface area contributed by atoms with Crippen molar-refractivity contribution in [1.29, 1.82) is 5.26 Å². The predicted octanol–water partition coefficient (Wildman–Crippen LogP) is 2.74. The molecule has 2 aromatic rings. The summed E-state index contributed by atoms with van der Waals surface area (Å²) in [6, 6.07) is 7.31. The van der Waals surface area contributed by atoms with Gasteiger partial charge in [0.25, 0.3) is 0 Å². The van der Waals surface area contributed by atoms with Crippen LogP contribution >= 0.6 is 27.5 Å². The van der Waals surface area contributed by atoms with E-state index in [2.05, 4.69) is 27.1 Å². The Morgan fingerprint density at radius 1 is 1.50 bits per heavy atom. The molecule has 6 heteroatoms. The number of nitrogen functional groups attached to an aromatic ring is 1. The summed E-state index contributed by atoms with van der Waals surface area (Å²) in [6.07, 6.45) is 1.62. The van der Waals surface area contributed by atoms with E-state index in [-0.39, 0.29) is 5.82 Å². The number of benzene rings is 1. The topological polar surface area (TPSA) is 67.6 Å². The summed E-state index contributed by atoms with van der Waals surface area (Å²) in [7, 11) is 0. The van der Waals surface area contributed by atoms with Gasteiger partial charge in [-0.1, -0.05) is 11.6 Å². The van der Waals surface area contributed by atoms with Crippen LogP contribution in [0.1, 0.15) is 5.56 Å². The van der Waals surface area contributed by atoms with E-state index in [1.165, 1.54) is 0 Å². The summed E-state index contributed by atoms with van der Waals surface area (Å²) >= 11 is 9.11. The summed E-state index contributed by atoms with van der Waals surface area (Å²) in [5.74, 6) is 0.280. The lowest BCUT2D eigenvalue weighted by Crippen LogP contribution is -1.96. The van der Waals surface area contributed by atoms with Crippen molar-refractivity contribution < 1.29 is 0 Å². The molecule has 0 aliphatic heterocycles. The van der Waals surface area contributed by atoms with Gasteiger partial charge in [-0.05, 0) is 34.1 Å². The second-order valence-electron chi connectivity index (χ2n) is 3.08. The predicted molar refractivity (Wildman–Crippen MR) is 65.4 cm³/mol. The standard InChI is InChI=1S/C10H6BrClN4/c11-8-3-7(2-1-6(8)4-13)16-5-9(12)10(14)15-16/h1-3,5H,(H2,14,15). The molecule has 0 aliphatic carbocycles. The first-order valence-corrected chi connectivity index (χ1v) is 5.49. The van der Waals surface area contributed by atoms with Crippen LogP contribution < -0.4 is 5.73 Å². The van der Waals surface area contributed by atoms with Gasteiger partial charge in [-0.25, -0.2) is 4.68 Å². The maximum absolute atomic E-state index is 8.78. The van der Waals surface area contributed by atoms with E-state index in [9.17, 15) is 0 Å². The van der Waals surface area contributed by atoms with Gasteiger partial charge in [0.05, 0.1) is 17.4 Å². The Bertz CT molecular complexity index is 565. The van der Waals surface area contributed by atoms with Crippen LogP contribution in [0.3, 0.4) is 0 Å². The fourth-order valence-electron chi connectivity index (χ4n) is 1.24. The van der Waals surface area contributed by atoms with Crippen molar-refractivity contribution in [3.63, 3.8) is 0 Å². The Kier molecular flexibility index (Phi) is 2.86. The van der Waals surface area contributed by atoms with Crippen LogP contribution in [0.2, 0.25) is 5.02 Å². The third-order valence-corrected chi connectivity index (χ3v) is 2.98. The maximum atomic E-state index is 8.78. The summed E-state index contributed by atoms with van der Waals surface area (Å²) in [5.41, 5.74) is 6.89. The van der Waals surface area contributed by atoms with Crippen molar-refractivity contribution in [2.45, 2.75) is 0 Å². The van der Waals surface area contributed by atoms with Gasteiger partial charge in [-0.15, -0.1) is 5.10 Å². The van der Waals surface area contributed by atoms with Gasteiger partial charge in [0, 0.05) is 4.47 Å². The largest absolute Gasteiger partial charge is 0.381 e. The summed E-state index contributed by atoms with van der Waals surface area (Å²) in [4.78, 5) is 0. The highest BCUT2D eigenvalue weighted by molar-refractivity contribution is 9.10. The molecule has 0 saturated heterocycles. The lowest BCUT2D eigenvalue weighted by atomic mass is 10.2. The number of hydrogen-bond donors (Lipinski definition) is 1. The molecule has 0 radical (unpaired) electrons. The molecule has 16 heavy (non-hydrogen) atoms. The number of halogens is 2. The highest BCUT2D eigenvalue weighted by Gasteiger charge is 2.06. The van der Waals surface area contributed by atoms with E-state index in [4.69, 9.17) is 22.6 Å². The second-order valence-corrected chi connectivity index (χ2v) is 4.34. The van der Waals surface area contributed by atoms with E-state index in [1.54, 1.807) is 29.1 Å². The van der Waals surface area contributed by atoms with Crippen LogP contribution in [0.25, 0.3) is 5.69 Å². The Balaban J connectivity index is 2.50. The molecule has 2 rings (SSSR count). The average Bonchev–Trinajstić information content (AvgIpc) is 2.59. The molecule has 0 fully saturated rings. The molecule has 80 valence electrons. The minimum absolute atomic E-state index is 0.280. The van der Waals surface area contributed by atoms with E-state index < -0.39 is 0 Å². The number of nitrogens with two attached hydrogens (primary N) is 1. The highest BCUT2D eigenvalue weighted by Crippen LogP contribution is 2.23. The number of anilines is 1. The van der Waals surface area contributed by atoms with Gasteiger partial charge < -0.3 is 5.73 Å². The number of hydrogen-bond acceptors (Lipinski definition) is 3. The third-order valence-electron chi connectivity index (χ3n) is 2.03. The van der Waals surface area contributed by atoms with E-state index in [0.717, 1.165) is 5.69 Å². The van der Waals surface area contributed by atoms with Crippen molar-refractivity contribution in [3.8, 4) is 11.8 Å². The molecule has 0 bridgehead atoms. The molecule has 0 amide bonds. The minimum Gasteiger partial charge on any atom is -0.381 e. The van der Waals surface area contributed by atoms with Crippen molar-refractivity contribution in [2.24, 2.45) is 0 Å². The monoisotopic (exact) mass is 296 g/mol. The molecule has 0 aliphatic rings. The number of nitrogens with zero attached hydrogens (tertiary/aromatic N) is 3. The van der Waals surface area contributed by atoms with Crippen LogP contribution in [0.15, 0.2) is 28.9 Å². The van der Waals surface area contributed by atoms with E-state index in [1.807, 2.05) is 0 Å². The lowest BCUT2D eigenvalue weighted by Gasteiger charge is -2.02. The quantitative estimate of drug-likeness (QED) is 0.880. The van der Waals surface area contributed by atoms with Gasteiger partial charge >= 0.3 is 0 Å². The zero-order valence-corrected chi connectivity index (χ0v) is 10.3. The van der Waals surface area contributed by atoms with Gasteiger partial charge in [0.1, 0.15) is 11.1 Å². The average molecular weight is 298 g/mol. The number of nitriles is 1. The van der Waals surface area contributed by atoms with Crippen molar-refractivity contribution in [1.82, 2.24) is 9.78 Å². The molecule has 4 nitrogen and oxygen atoms in total. The van der Waals surface area contributed by atoms with Gasteiger partial charge in [0.15, 0.2) is 5.82 Å². The Morgan fingerprint density at radius 3 is 2.75 bits per heavy atom. The summed E-state index contributed by atoms with van der Waals surface area (Å²) in [5, 5.41) is 13.2. The fraction of sp³-hybridized carbons (Fsp3) is 0. The molecule has 0 atom stereocenters. The van der Waals surface area contributed by atoms with Crippen LogP contribution in [0.5, 0.6) is 0 Å². The zero-order valence-electron chi connectivity index (χ0n) is 7.98. The van der Waals surface area contributed by atoms with Crippen LogP contribution in [-0.2, 0) is 0 Å². The van der Waals surface area contributed by atoms with E-state index in [0.29, 0.717) is 15.1 Å². The molecule has 1 aromatic heterocycles. The molecule has 0 spiro atoms. The molecular formula is C10H6BrClN4. The van der Waals surface area contributed by atoms with E-state index >= 15 is 0 Å². The maximum Gasteiger partial charge on any atom is 0.164 e. The molecule has 0 saturated carbocycles. The molecule has 1 heterocycles. The molecule has 0 unspecified atom stereocenters. The minimum atomic E-state index is 0.280. The summed E-state index contributed by atoms with van der Waals surface area (Å²) < 4.78 is 2.27. The normalized spacial score (nSPS) is 10.1. The third kappa shape index (κ3) is 1.90. The van der Waals surface area contributed by atoms with Crippen molar-refractivity contribution >= 4 is 33.3 Å². The van der Waals surface area contributed by atoms with Crippen LogP contribution in [0.4, 0.5) is 5.82 Å². The first-order chi connectivity index (χ1) is 7.61. The fourth-order valence-corrected chi connectivity index (χ4v) is 1.82. The SMILES string of the molecule is N#Cc1ccc(-n2cc(Cl)c(N)n2)cc1Br. The number of aromatic nitrogens is 2. The molecule has 1 aromatic carbocycles. The first-order valence-electron chi connectivity index (χ1n) is 4.32. The Labute approximate surface area is 105 Å². The molecular weight excluding hydrogens is 291 g/mol. The van der Waals surface area contributed by atoms with Crippen LogP contribution in [0, 0.1) is 11.3 Å². The Hall–Kier alpha value is -1.51. The van der Waals surface area contributed by atoms with Crippen LogP contribution in [-0.4, -0.2) is 9.78 Å².